The van der Waals surface area contributed by atoms with Crippen molar-refractivity contribution in [1.82, 2.24) is 0 Å². The fraction of sp³-hybridized carbons (Fsp3) is 0.188. The van der Waals surface area contributed by atoms with Crippen molar-refractivity contribution in [3.05, 3.63) is 68.8 Å². The van der Waals surface area contributed by atoms with Gasteiger partial charge in [-0.05, 0) is 44.0 Å². The number of hydrogen-bond donors (Lipinski definition) is 1. The molecule has 108 valence electrons. The van der Waals surface area contributed by atoms with E-state index in [4.69, 9.17) is 0 Å². The van der Waals surface area contributed by atoms with Crippen molar-refractivity contribution in [2.75, 3.05) is 5.43 Å². The minimum Gasteiger partial charge on any atom is -0.278 e. The summed E-state index contributed by atoms with van der Waals surface area (Å²) in [5.74, 6) is 0. The Morgan fingerprint density at radius 2 is 1.67 bits per heavy atom. The lowest BCUT2D eigenvalue weighted by Gasteiger charge is -2.06. The van der Waals surface area contributed by atoms with E-state index >= 15 is 0 Å². The summed E-state index contributed by atoms with van der Waals surface area (Å²) in [5, 5.41) is 14.8. The standard InChI is InChI=1S/C16H17N3O2/c1-11-8-12(2)16(13(3)9-11)10-17-18-14-4-6-15(7-5-14)19(20)21/h4-10,18H,1-3H3/b17-10+. The van der Waals surface area contributed by atoms with Crippen molar-refractivity contribution in [3.63, 3.8) is 0 Å². The van der Waals surface area contributed by atoms with Gasteiger partial charge in [0, 0.05) is 17.7 Å². The molecule has 0 amide bonds. The van der Waals surface area contributed by atoms with Gasteiger partial charge in [-0.3, -0.25) is 15.5 Å². The summed E-state index contributed by atoms with van der Waals surface area (Å²) >= 11 is 0. The molecule has 0 heterocycles. The zero-order valence-electron chi connectivity index (χ0n) is 12.3. The topological polar surface area (TPSA) is 67.5 Å². The van der Waals surface area contributed by atoms with Gasteiger partial charge in [0.1, 0.15) is 0 Å². The zero-order chi connectivity index (χ0) is 15.4. The van der Waals surface area contributed by atoms with Crippen molar-refractivity contribution in [1.29, 1.82) is 0 Å². The van der Waals surface area contributed by atoms with Crippen molar-refractivity contribution in [2.24, 2.45) is 5.10 Å². The number of aryl methyl sites for hydroxylation is 3. The minimum absolute atomic E-state index is 0.0646. The van der Waals surface area contributed by atoms with Gasteiger partial charge in [0.25, 0.3) is 5.69 Å². The molecule has 2 aromatic carbocycles. The van der Waals surface area contributed by atoms with Crippen molar-refractivity contribution in [2.45, 2.75) is 20.8 Å². The molecule has 0 aromatic heterocycles. The third kappa shape index (κ3) is 3.66. The number of rotatable bonds is 4. The normalized spacial score (nSPS) is 10.8. The Balaban J connectivity index is 2.11. The highest BCUT2D eigenvalue weighted by Crippen LogP contribution is 2.16. The fourth-order valence-corrected chi connectivity index (χ4v) is 2.22. The average molecular weight is 283 g/mol. The van der Waals surface area contributed by atoms with Gasteiger partial charge in [-0.1, -0.05) is 17.7 Å². The predicted molar refractivity (Wildman–Crippen MR) is 85.0 cm³/mol. The molecule has 0 fully saturated rings. The van der Waals surface area contributed by atoms with Gasteiger partial charge in [-0.25, -0.2) is 0 Å². The van der Waals surface area contributed by atoms with Crippen LogP contribution in [0.25, 0.3) is 0 Å². The fourth-order valence-electron chi connectivity index (χ4n) is 2.22. The summed E-state index contributed by atoms with van der Waals surface area (Å²) in [4.78, 5) is 10.1. The number of hydrogen-bond acceptors (Lipinski definition) is 4. The van der Waals surface area contributed by atoms with Gasteiger partial charge in [-0.2, -0.15) is 5.10 Å². The van der Waals surface area contributed by atoms with Crippen LogP contribution in [0.5, 0.6) is 0 Å². The van der Waals surface area contributed by atoms with Crippen LogP contribution in [0.3, 0.4) is 0 Å². The Morgan fingerprint density at radius 1 is 1.10 bits per heavy atom. The molecule has 0 saturated carbocycles. The molecular formula is C16H17N3O2. The molecule has 2 aromatic rings. The highest BCUT2D eigenvalue weighted by Gasteiger charge is 2.03. The number of nitro benzene ring substituents is 1. The molecule has 0 spiro atoms. The quantitative estimate of drug-likeness (QED) is 0.524. The summed E-state index contributed by atoms with van der Waals surface area (Å²) in [6, 6.07) is 10.4. The molecule has 0 aliphatic heterocycles. The van der Waals surface area contributed by atoms with E-state index in [2.05, 4.69) is 29.6 Å². The lowest BCUT2D eigenvalue weighted by atomic mass is 10.0. The molecule has 5 heteroatoms. The molecule has 21 heavy (non-hydrogen) atoms. The average Bonchev–Trinajstić information content (AvgIpc) is 2.42. The van der Waals surface area contributed by atoms with Gasteiger partial charge < -0.3 is 0 Å². The molecule has 0 aliphatic carbocycles. The number of hydrazone groups is 1. The third-order valence-electron chi connectivity index (χ3n) is 3.20. The smallest absolute Gasteiger partial charge is 0.269 e. The first-order valence-electron chi connectivity index (χ1n) is 6.59. The highest BCUT2D eigenvalue weighted by molar-refractivity contribution is 5.84. The maximum Gasteiger partial charge on any atom is 0.269 e. The van der Waals surface area contributed by atoms with Crippen LogP contribution in [-0.4, -0.2) is 11.1 Å². The third-order valence-corrected chi connectivity index (χ3v) is 3.20. The van der Waals surface area contributed by atoms with E-state index in [1.54, 1.807) is 18.3 Å². The number of nitrogens with one attached hydrogen (secondary N) is 1. The number of benzene rings is 2. The highest BCUT2D eigenvalue weighted by atomic mass is 16.6. The molecule has 0 aliphatic rings. The van der Waals surface area contributed by atoms with Crippen LogP contribution in [0.1, 0.15) is 22.3 Å². The number of non-ortho nitro benzene ring substituents is 1. The van der Waals surface area contributed by atoms with Crippen LogP contribution >= 0.6 is 0 Å². The van der Waals surface area contributed by atoms with Crippen molar-refractivity contribution >= 4 is 17.6 Å². The molecule has 0 radical (unpaired) electrons. The Kier molecular flexibility index (Phi) is 4.33. The molecular weight excluding hydrogens is 266 g/mol. The molecule has 0 saturated heterocycles. The van der Waals surface area contributed by atoms with Gasteiger partial charge in [0.05, 0.1) is 16.8 Å². The number of nitro groups is 1. The van der Waals surface area contributed by atoms with Crippen LogP contribution < -0.4 is 5.43 Å². The van der Waals surface area contributed by atoms with E-state index in [0.29, 0.717) is 5.69 Å². The molecule has 0 atom stereocenters. The molecule has 0 bridgehead atoms. The molecule has 2 rings (SSSR count). The molecule has 5 nitrogen and oxygen atoms in total. The summed E-state index contributed by atoms with van der Waals surface area (Å²) in [7, 11) is 0. The second kappa shape index (κ2) is 6.17. The lowest BCUT2D eigenvalue weighted by Crippen LogP contribution is -1.96. The minimum atomic E-state index is -0.425. The largest absolute Gasteiger partial charge is 0.278 e. The second-order valence-electron chi connectivity index (χ2n) is 4.99. The van der Waals surface area contributed by atoms with E-state index in [1.165, 1.54) is 28.8 Å². The van der Waals surface area contributed by atoms with Crippen LogP contribution in [0.2, 0.25) is 0 Å². The first-order chi connectivity index (χ1) is 9.97. The van der Waals surface area contributed by atoms with Gasteiger partial charge >= 0.3 is 0 Å². The van der Waals surface area contributed by atoms with Gasteiger partial charge in [0.15, 0.2) is 0 Å². The Morgan fingerprint density at radius 3 is 2.19 bits per heavy atom. The molecule has 1 N–H and O–H groups in total. The van der Waals surface area contributed by atoms with Gasteiger partial charge in [-0.15, -0.1) is 0 Å². The Bertz CT molecular complexity index is 668. The van der Waals surface area contributed by atoms with E-state index in [1.807, 2.05) is 13.8 Å². The number of nitrogens with zero attached hydrogens (tertiary/aromatic N) is 2. The predicted octanol–water partition coefficient (Wildman–Crippen LogP) is 3.97. The monoisotopic (exact) mass is 283 g/mol. The van der Waals surface area contributed by atoms with Crippen LogP contribution in [0.4, 0.5) is 11.4 Å². The molecule has 0 unspecified atom stereocenters. The first kappa shape index (κ1) is 14.7. The first-order valence-corrected chi connectivity index (χ1v) is 6.59. The van der Waals surface area contributed by atoms with E-state index in [9.17, 15) is 10.1 Å². The summed E-state index contributed by atoms with van der Waals surface area (Å²) < 4.78 is 0. The second-order valence-corrected chi connectivity index (χ2v) is 4.99. The zero-order valence-corrected chi connectivity index (χ0v) is 12.3. The van der Waals surface area contributed by atoms with Gasteiger partial charge in [0.2, 0.25) is 0 Å². The Labute approximate surface area is 123 Å². The van der Waals surface area contributed by atoms with Crippen LogP contribution in [0.15, 0.2) is 41.5 Å². The Hall–Kier alpha value is -2.69. The van der Waals surface area contributed by atoms with E-state index in [0.717, 1.165) is 5.56 Å². The SMILES string of the molecule is Cc1cc(C)c(/C=N/Nc2ccc([N+](=O)[O-])cc2)c(C)c1. The van der Waals surface area contributed by atoms with Crippen LogP contribution in [-0.2, 0) is 0 Å². The van der Waals surface area contributed by atoms with Crippen LogP contribution in [0, 0.1) is 30.9 Å². The summed E-state index contributed by atoms with van der Waals surface area (Å²) in [6.45, 7) is 6.16. The summed E-state index contributed by atoms with van der Waals surface area (Å²) in [5.41, 5.74) is 8.29. The maximum absolute atomic E-state index is 10.6. The lowest BCUT2D eigenvalue weighted by molar-refractivity contribution is -0.384. The van der Waals surface area contributed by atoms with E-state index < -0.39 is 4.92 Å². The maximum atomic E-state index is 10.6. The summed E-state index contributed by atoms with van der Waals surface area (Å²) in [6.07, 6.45) is 1.77. The van der Waals surface area contributed by atoms with Crippen molar-refractivity contribution < 1.29 is 4.92 Å². The van der Waals surface area contributed by atoms with E-state index in [-0.39, 0.29) is 5.69 Å². The van der Waals surface area contributed by atoms with Crippen molar-refractivity contribution in [3.8, 4) is 0 Å². The number of anilines is 1.